The van der Waals surface area contributed by atoms with E-state index in [2.05, 4.69) is 26.1 Å². The highest BCUT2D eigenvalue weighted by atomic mass is 79.9. The molecule has 0 aromatic heterocycles. The van der Waals surface area contributed by atoms with Crippen LogP contribution in [0.2, 0.25) is 0 Å². The number of halogens is 2. The Balaban J connectivity index is 1.93. The van der Waals surface area contributed by atoms with E-state index in [1.54, 1.807) is 6.07 Å². The van der Waals surface area contributed by atoms with Crippen LogP contribution in [-0.2, 0) is 11.3 Å². The van der Waals surface area contributed by atoms with E-state index in [1.807, 2.05) is 6.07 Å². The number of benzene rings is 1. The lowest BCUT2D eigenvalue weighted by Gasteiger charge is -2.32. The minimum atomic E-state index is -0.242. The van der Waals surface area contributed by atoms with Crippen LogP contribution in [0.1, 0.15) is 18.4 Å². The molecule has 6 heteroatoms. The lowest BCUT2D eigenvalue weighted by atomic mass is 9.96. The van der Waals surface area contributed by atoms with Gasteiger partial charge in [-0.1, -0.05) is 15.9 Å². The van der Waals surface area contributed by atoms with Crippen LogP contribution < -0.4 is 11.1 Å². The van der Waals surface area contributed by atoms with Crippen LogP contribution in [-0.4, -0.2) is 37.0 Å². The van der Waals surface area contributed by atoms with Gasteiger partial charge in [0, 0.05) is 30.7 Å². The highest BCUT2D eigenvalue weighted by molar-refractivity contribution is 9.10. The van der Waals surface area contributed by atoms with Gasteiger partial charge in [0.1, 0.15) is 5.82 Å². The van der Waals surface area contributed by atoms with Crippen molar-refractivity contribution in [2.75, 3.05) is 26.2 Å². The summed E-state index contributed by atoms with van der Waals surface area (Å²) in [6, 6.07) is 4.91. The van der Waals surface area contributed by atoms with Crippen LogP contribution >= 0.6 is 15.9 Å². The average Bonchev–Trinajstić information content (AvgIpc) is 2.44. The highest BCUT2D eigenvalue weighted by Gasteiger charge is 2.25. The second kappa shape index (κ2) is 7.87. The maximum absolute atomic E-state index is 13.4. The largest absolute Gasteiger partial charge is 0.355 e. The van der Waals surface area contributed by atoms with Crippen LogP contribution in [0.15, 0.2) is 22.7 Å². The molecular formula is C15H21BrFN3O. The van der Waals surface area contributed by atoms with Gasteiger partial charge in [0.25, 0.3) is 0 Å². The van der Waals surface area contributed by atoms with Crippen molar-refractivity contribution in [2.45, 2.75) is 19.4 Å². The van der Waals surface area contributed by atoms with Crippen molar-refractivity contribution in [2.24, 2.45) is 11.7 Å². The normalized spacial score (nSPS) is 19.5. The summed E-state index contributed by atoms with van der Waals surface area (Å²) in [5, 5.41) is 2.85. The maximum atomic E-state index is 13.4. The van der Waals surface area contributed by atoms with Crippen molar-refractivity contribution in [1.29, 1.82) is 0 Å². The Morgan fingerprint density at radius 1 is 1.48 bits per heavy atom. The van der Waals surface area contributed by atoms with Crippen molar-refractivity contribution in [3.8, 4) is 0 Å². The van der Waals surface area contributed by atoms with Gasteiger partial charge in [-0.2, -0.15) is 0 Å². The average molecular weight is 358 g/mol. The molecule has 1 aromatic rings. The van der Waals surface area contributed by atoms with Crippen LogP contribution in [0, 0.1) is 11.7 Å². The Labute approximate surface area is 133 Å². The zero-order valence-electron chi connectivity index (χ0n) is 11.9. The van der Waals surface area contributed by atoms with Gasteiger partial charge in [-0.05, 0) is 43.1 Å². The number of nitrogens with two attached hydrogens (primary N) is 1. The number of rotatable bonds is 5. The summed E-state index contributed by atoms with van der Waals surface area (Å²) in [7, 11) is 0. The fraction of sp³-hybridized carbons (Fsp3) is 0.533. The molecular weight excluding hydrogens is 337 g/mol. The number of piperidine rings is 1. The second-order valence-corrected chi connectivity index (χ2v) is 6.35. The number of nitrogens with one attached hydrogen (secondary N) is 1. The fourth-order valence-electron chi connectivity index (χ4n) is 2.71. The molecule has 0 saturated carbocycles. The summed E-state index contributed by atoms with van der Waals surface area (Å²) in [5.74, 6) is -0.165. The maximum Gasteiger partial charge on any atom is 0.224 e. The number of carbonyl (C=O) groups is 1. The third-order valence-electron chi connectivity index (χ3n) is 3.65. The summed E-state index contributed by atoms with van der Waals surface area (Å²) < 4.78 is 14.1. The summed E-state index contributed by atoms with van der Waals surface area (Å²) in [6.45, 7) is 3.29. The molecule has 116 valence electrons. The van der Waals surface area contributed by atoms with Gasteiger partial charge >= 0.3 is 0 Å². The van der Waals surface area contributed by atoms with E-state index < -0.39 is 0 Å². The van der Waals surface area contributed by atoms with E-state index in [0.717, 1.165) is 29.4 Å². The van der Waals surface area contributed by atoms with Crippen molar-refractivity contribution in [3.05, 3.63) is 34.1 Å². The first kappa shape index (κ1) is 16.4. The lowest BCUT2D eigenvalue weighted by molar-refractivity contribution is -0.126. The standard InChI is InChI=1S/C15H21BrFN3O/c16-13-6-11(7-14(17)8-13)9-20-5-1-2-12(10-20)15(21)19-4-3-18/h6-8,12H,1-5,9-10,18H2,(H,19,21). The number of hydrogen-bond acceptors (Lipinski definition) is 3. The van der Waals surface area contributed by atoms with E-state index >= 15 is 0 Å². The van der Waals surface area contributed by atoms with Crippen molar-refractivity contribution >= 4 is 21.8 Å². The van der Waals surface area contributed by atoms with Gasteiger partial charge in [0.15, 0.2) is 0 Å². The molecule has 21 heavy (non-hydrogen) atoms. The fourth-order valence-corrected chi connectivity index (χ4v) is 3.23. The Hall–Kier alpha value is -0.980. The summed E-state index contributed by atoms with van der Waals surface area (Å²) in [4.78, 5) is 14.2. The molecule has 1 unspecified atom stereocenters. The third-order valence-corrected chi connectivity index (χ3v) is 4.11. The molecule has 1 fully saturated rings. The van der Waals surface area contributed by atoms with Crippen LogP contribution in [0.5, 0.6) is 0 Å². The lowest BCUT2D eigenvalue weighted by Crippen LogP contribution is -2.43. The molecule has 1 aliphatic heterocycles. The molecule has 0 radical (unpaired) electrons. The monoisotopic (exact) mass is 357 g/mol. The highest BCUT2D eigenvalue weighted by Crippen LogP contribution is 2.21. The van der Waals surface area contributed by atoms with Crippen molar-refractivity contribution in [3.63, 3.8) is 0 Å². The number of likely N-dealkylation sites (tertiary alicyclic amines) is 1. The van der Waals surface area contributed by atoms with Gasteiger partial charge in [-0.3, -0.25) is 9.69 Å². The van der Waals surface area contributed by atoms with E-state index in [0.29, 0.717) is 26.2 Å². The Morgan fingerprint density at radius 2 is 2.29 bits per heavy atom. The summed E-state index contributed by atoms with van der Waals surface area (Å²) in [6.07, 6.45) is 1.89. The molecule has 1 saturated heterocycles. The molecule has 3 N–H and O–H groups in total. The van der Waals surface area contributed by atoms with Crippen molar-refractivity contribution < 1.29 is 9.18 Å². The minimum Gasteiger partial charge on any atom is -0.355 e. The molecule has 0 aliphatic carbocycles. The van der Waals surface area contributed by atoms with E-state index in [4.69, 9.17) is 5.73 Å². The zero-order chi connectivity index (χ0) is 15.2. The van der Waals surface area contributed by atoms with E-state index in [-0.39, 0.29) is 17.6 Å². The predicted octanol–water partition coefficient (Wildman–Crippen LogP) is 1.88. The van der Waals surface area contributed by atoms with Gasteiger partial charge in [0.05, 0.1) is 5.92 Å². The Morgan fingerprint density at radius 3 is 3.00 bits per heavy atom. The topological polar surface area (TPSA) is 58.4 Å². The number of amides is 1. The Kier molecular flexibility index (Phi) is 6.14. The molecule has 1 aromatic carbocycles. The Bertz CT molecular complexity index is 478. The first-order valence-electron chi connectivity index (χ1n) is 7.23. The van der Waals surface area contributed by atoms with Gasteiger partial charge in [-0.25, -0.2) is 4.39 Å². The molecule has 4 nitrogen and oxygen atoms in total. The number of hydrogen-bond donors (Lipinski definition) is 2. The molecule has 1 aliphatic rings. The second-order valence-electron chi connectivity index (χ2n) is 5.43. The first-order chi connectivity index (χ1) is 10.1. The van der Waals surface area contributed by atoms with Gasteiger partial charge in [-0.15, -0.1) is 0 Å². The summed E-state index contributed by atoms with van der Waals surface area (Å²) >= 11 is 3.31. The van der Waals surface area contributed by atoms with Crippen molar-refractivity contribution in [1.82, 2.24) is 10.2 Å². The first-order valence-corrected chi connectivity index (χ1v) is 8.03. The molecule has 1 heterocycles. The molecule has 0 bridgehead atoms. The van der Waals surface area contributed by atoms with Gasteiger partial charge < -0.3 is 11.1 Å². The number of carbonyl (C=O) groups excluding carboxylic acids is 1. The van der Waals surface area contributed by atoms with E-state index in [9.17, 15) is 9.18 Å². The molecule has 1 atom stereocenters. The minimum absolute atomic E-state index is 0.00213. The predicted molar refractivity (Wildman–Crippen MR) is 84.2 cm³/mol. The SMILES string of the molecule is NCCNC(=O)C1CCCN(Cc2cc(F)cc(Br)c2)C1. The third kappa shape index (κ3) is 5.05. The molecule has 1 amide bonds. The van der Waals surface area contributed by atoms with E-state index in [1.165, 1.54) is 6.07 Å². The quantitative estimate of drug-likeness (QED) is 0.845. The molecule has 2 rings (SSSR count). The van der Waals surface area contributed by atoms with Crippen LogP contribution in [0.25, 0.3) is 0 Å². The number of nitrogens with zero attached hydrogens (tertiary/aromatic N) is 1. The van der Waals surface area contributed by atoms with Gasteiger partial charge in [0.2, 0.25) is 5.91 Å². The van der Waals surface area contributed by atoms with Crippen LogP contribution in [0.3, 0.4) is 0 Å². The zero-order valence-corrected chi connectivity index (χ0v) is 13.5. The van der Waals surface area contributed by atoms with Crippen LogP contribution in [0.4, 0.5) is 4.39 Å². The summed E-state index contributed by atoms with van der Waals surface area (Å²) in [5.41, 5.74) is 6.32. The smallest absolute Gasteiger partial charge is 0.224 e. The molecule has 0 spiro atoms.